The van der Waals surface area contributed by atoms with Crippen LogP contribution in [0.1, 0.15) is 16.8 Å². The zero-order chi connectivity index (χ0) is 20.9. The minimum absolute atomic E-state index is 0.0368. The van der Waals surface area contributed by atoms with Crippen molar-refractivity contribution in [2.75, 3.05) is 32.6 Å². The molecule has 30 heavy (non-hydrogen) atoms. The van der Waals surface area contributed by atoms with Gasteiger partial charge in [0, 0.05) is 38.0 Å². The van der Waals surface area contributed by atoms with Gasteiger partial charge in [0.15, 0.2) is 0 Å². The van der Waals surface area contributed by atoms with E-state index in [9.17, 15) is 4.79 Å². The molecule has 2 heterocycles. The van der Waals surface area contributed by atoms with E-state index in [1.807, 2.05) is 54.6 Å². The van der Waals surface area contributed by atoms with Gasteiger partial charge in [0.1, 0.15) is 11.9 Å². The van der Waals surface area contributed by atoms with Crippen molar-refractivity contribution in [3.63, 3.8) is 0 Å². The molecule has 2 aromatic carbocycles. The van der Waals surface area contributed by atoms with Gasteiger partial charge in [0.05, 0.1) is 24.5 Å². The summed E-state index contributed by atoms with van der Waals surface area (Å²) in [6.07, 6.45) is 2.48. The molecule has 4 rings (SSSR count). The predicted molar refractivity (Wildman–Crippen MR) is 115 cm³/mol. The fourth-order valence-corrected chi connectivity index (χ4v) is 3.22. The number of amides is 1. The summed E-state index contributed by atoms with van der Waals surface area (Å²) in [5, 5.41) is 3.19. The Morgan fingerprint density at radius 1 is 1.17 bits per heavy atom. The first-order chi connectivity index (χ1) is 14.6. The molecule has 0 radical (unpaired) electrons. The standard InChI is InChI=1S/C23H24N4O3/c1-27(2)22(28)19-14-16(8-9-21(19)30-18-11-13-29-15-18)20-10-12-24-23(26-20)25-17-6-4-3-5-7-17/h3-10,12,14,18H,11,13,15H2,1-2H3,(H,24,25,26)/t18-/m0/s1. The average Bonchev–Trinajstić information content (AvgIpc) is 3.27. The largest absolute Gasteiger partial charge is 0.487 e. The zero-order valence-electron chi connectivity index (χ0n) is 17.0. The lowest BCUT2D eigenvalue weighted by molar-refractivity contribution is 0.0817. The van der Waals surface area contributed by atoms with Gasteiger partial charge in [-0.25, -0.2) is 9.97 Å². The highest BCUT2D eigenvalue weighted by Gasteiger charge is 2.22. The second-order valence-electron chi connectivity index (χ2n) is 7.27. The molecule has 1 saturated heterocycles. The lowest BCUT2D eigenvalue weighted by Gasteiger charge is -2.18. The van der Waals surface area contributed by atoms with E-state index in [0.717, 1.165) is 17.7 Å². The molecule has 1 fully saturated rings. The maximum atomic E-state index is 12.8. The van der Waals surface area contributed by atoms with Crippen LogP contribution in [0.4, 0.5) is 11.6 Å². The van der Waals surface area contributed by atoms with Crippen LogP contribution in [0.3, 0.4) is 0 Å². The molecule has 1 aromatic heterocycles. The monoisotopic (exact) mass is 404 g/mol. The number of aromatic nitrogens is 2. The number of carbonyl (C=O) groups excluding carboxylic acids is 1. The first-order valence-electron chi connectivity index (χ1n) is 9.86. The third-order valence-electron chi connectivity index (χ3n) is 4.78. The highest BCUT2D eigenvalue weighted by atomic mass is 16.5. The van der Waals surface area contributed by atoms with Crippen LogP contribution in [0.15, 0.2) is 60.8 Å². The molecule has 1 amide bonds. The molecular formula is C23H24N4O3. The number of ether oxygens (including phenoxy) is 2. The van der Waals surface area contributed by atoms with Gasteiger partial charge in [0.2, 0.25) is 5.95 Å². The molecule has 3 aromatic rings. The fourth-order valence-electron chi connectivity index (χ4n) is 3.22. The van der Waals surface area contributed by atoms with Gasteiger partial charge in [-0.3, -0.25) is 4.79 Å². The number of nitrogens with zero attached hydrogens (tertiary/aromatic N) is 3. The Bertz CT molecular complexity index is 1020. The second-order valence-corrected chi connectivity index (χ2v) is 7.27. The molecule has 1 aliphatic rings. The van der Waals surface area contributed by atoms with E-state index in [1.165, 1.54) is 0 Å². The normalized spacial score (nSPS) is 15.6. The Morgan fingerprint density at radius 3 is 2.73 bits per heavy atom. The lowest BCUT2D eigenvalue weighted by atomic mass is 10.1. The number of hydrogen-bond donors (Lipinski definition) is 1. The molecule has 0 aliphatic carbocycles. The van der Waals surface area contributed by atoms with Crippen molar-refractivity contribution in [1.82, 2.24) is 14.9 Å². The Balaban J connectivity index is 1.64. The number of para-hydroxylation sites is 1. The van der Waals surface area contributed by atoms with Crippen LogP contribution in [0.2, 0.25) is 0 Å². The van der Waals surface area contributed by atoms with E-state index in [0.29, 0.717) is 36.2 Å². The van der Waals surface area contributed by atoms with Crippen molar-refractivity contribution in [1.29, 1.82) is 0 Å². The van der Waals surface area contributed by atoms with E-state index in [1.54, 1.807) is 25.2 Å². The van der Waals surface area contributed by atoms with Gasteiger partial charge in [-0.1, -0.05) is 18.2 Å². The average molecular weight is 404 g/mol. The summed E-state index contributed by atoms with van der Waals surface area (Å²) in [5.41, 5.74) is 2.93. The molecule has 0 unspecified atom stereocenters. The summed E-state index contributed by atoms with van der Waals surface area (Å²) in [4.78, 5) is 23.2. The van der Waals surface area contributed by atoms with Crippen LogP contribution in [-0.2, 0) is 4.74 Å². The van der Waals surface area contributed by atoms with Crippen LogP contribution in [0.5, 0.6) is 5.75 Å². The van der Waals surface area contributed by atoms with Crippen LogP contribution in [0, 0.1) is 0 Å². The highest BCUT2D eigenvalue weighted by molar-refractivity contribution is 5.97. The minimum Gasteiger partial charge on any atom is -0.487 e. The van der Waals surface area contributed by atoms with Crippen molar-refractivity contribution in [2.24, 2.45) is 0 Å². The minimum atomic E-state index is -0.123. The summed E-state index contributed by atoms with van der Waals surface area (Å²) in [6, 6.07) is 17.1. The predicted octanol–water partition coefficient (Wildman–Crippen LogP) is 3.76. The topological polar surface area (TPSA) is 76.6 Å². The molecular weight excluding hydrogens is 380 g/mol. The molecule has 7 nitrogen and oxygen atoms in total. The number of carbonyl (C=O) groups is 1. The van der Waals surface area contributed by atoms with Gasteiger partial charge in [-0.05, 0) is 36.4 Å². The lowest BCUT2D eigenvalue weighted by Crippen LogP contribution is -2.24. The molecule has 1 N–H and O–H groups in total. The first-order valence-corrected chi connectivity index (χ1v) is 9.86. The van der Waals surface area contributed by atoms with Crippen molar-refractivity contribution in [3.8, 4) is 17.0 Å². The number of hydrogen-bond acceptors (Lipinski definition) is 6. The second kappa shape index (κ2) is 8.92. The molecule has 0 bridgehead atoms. The van der Waals surface area contributed by atoms with Crippen molar-refractivity contribution in [3.05, 3.63) is 66.4 Å². The third kappa shape index (κ3) is 4.58. The van der Waals surface area contributed by atoms with Crippen LogP contribution in [0.25, 0.3) is 11.3 Å². The van der Waals surface area contributed by atoms with Crippen LogP contribution < -0.4 is 10.1 Å². The smallest absolute Gasteiger partial charge is 0.257 e. The molecule has 1 aliphatic heterocycles. The number of rotatable bonds is 6. The van der Waals surface area contributed by atoms with E-state index in [4.69, 9.17) is 9.47 Å². The number of anilines is 2. The van der Waals surface area contributed by atoms with E-state index in [2.05, 4.69) is 15.3 Å². The van der Waals surface area contributed by atoms with E-state index >= 15 is 0 Å². The molecule has 0 spiro atoms. The fraction of sp³-hybridized carbons (Fsp3) is 0.261. The van der Waals surface area contributed by atoms with Gasteiger partial charge >= 0.3 is 0 Å². The van der Waals surface area contributed by atoms with E-state index < -0.39 is 0 Å². The van der Waals surface area contributed by atoms with Crippen molar-refractivity contribution in [2.45, 2.75) is 12.5 Å². The Labute approximate surface area is 175 Å². The van der Waals surface area contributed by atoms with Gasteiger partial charge in [-0.2, -0.15) is 0 Å². The van der Waals surface area contributed by atoms with E-state index in [-0.39, 0.29) is 12.0 Å². The maximum absolute atomic E-state index is 12.8. The summed E-state index contributed by atoms with van der Waals surface area (Å²) in [5.74, 6) is 0.926. The first kappa shape index (κ1) is 19.8. The summed E-state index contributed by atoms with van der Waals surface area (Å²) < 4.78 is 11.4. The Kier molecular flexibility index (Phi) is 5.90. The number of nitrogens with one attached hydrogen (secondary N) is 1. The van der Waals surface area contributed by atoms with Crippen LogP contribution >= 0.6 is 0 Å². The quantitative estimate of drug-likeness (QED) is 0.674. The summed E-state index contributed by atoms with van der Waals surface area (Å²) in [7, 11) is 3.45. The molecule has 1 atom stereocenters. The Morgan fingerprint density at radius 2 is 2.00 bits per heavy atom. The third-order valence-corrected chi connectivity index (χ3v) is 4.78. The summed E-state index contributed by atoms with van der Waals surface area (Å²) in [6.45, 7) is 1.22. The SMILES string of the molecule is CN(C)C(=O)c1cc(-c2ccnc(Nc3ccccc3)n2)ccc1O[C@H]1CCOC1. The van der Waals surface area contributed by atoms with Crippen molar-refractivity contribution < 1.29 is 14.3 Å². The Hall–Kier alpha value is -3.45. The molecule has 7 heteroatoms. The summed E-state index contributed by atoms with van der Waals surface area (Å²) >= 11 is 0. The molecule has 154 valence electrons. The van der Waals surface area contributed by atoms with Crippen molar-refractivity contribution >= 4 is 17.5 Å². The van der Waals surface area contributed by atoms with Gasteiger partial charge in [-0.15, -0.1) is 0 Å². The van der Waals surface area contributed by atoms with Gasteiger partial charge in [0.25, 0.3) is 5.91 Å². The highest BCUT2D eigenvalue weighted by Crippen LogP contribution is 2.29. The van der Waals surface area contributed by atoms with Gasteiger partial charge < -0.3 is 19.7 Å². The maximum Gasteiger partial charge on any atom is 0.257 e. The van der Waals surface area contributed by atoms with Crippen LogP contribution in [-0.4, -0.2) is 54.2 Å². The molecule has 0 saturated carbocycles. The number of benzene rings is 2. The zero-order valence-corrected chi connectivity index (χ0v) is 17.0.